The van der Waals surface area contributed by atoms with E-state index in [0.29, 0.717) is 0 Å². The maximum atomic E-state index is 12.5. The van der Waals surface area contributed by atoms with Crippen molar-refractivity contribution in [1.82, 2.24) is 10.2 Å². The minimum Gasteiger partial charge on any atom is -0.346 e. The Labute approximate surface area is 151 Å². The van der Waals surface area contributed by atoms with Gasteiger partial charge in [-0.25, -0.2) is 0 Å². The van der Waals surface area contributed by atoms with Gasteiger partial charge < -0.3 is 5.32 Å². The zero-order valence-electron chi connectivity index (χ0n) is 15.3. The molecule has 0 radical (unpaired) electrons. The van der Waals surface area contributed by atoms with E-state index in [-0.39, 0.29) is 11.9 Å². The van der Waals surface area contributed by atoms with Crippen LogP contribution in [0.3, 0.4) is 0 Å². The van der Waals surface area contributed by atoms with Crippen molar-refractivity contribution in [3.8, 4) is 0 Å². The lowest BCUT2D eigenvalue weighted by Gasteiger charge is -2.26. The van der Waals surface area contributed by atoms with E-state index in [2.05, 4.69) is 53.5 Å². The number of hydrogen-bond donors (Lipinski definition) is 1. The predicted octanol–water partition coefficient (Wildman–Crippen LogP) is 4.47. The molecule has 1 aliphatic rings. The molecule has 0 spiro atoms. The fraction of sp³-hybridized carbons (Fsp3) is 0.409. The van der Waals surface area contributed by atoms with Crippen LogP contribution in [0, 0.1) is 6.92 Å². The van der Waals surface area contributed by atoms with Crippen molar-refractivity contribution in [2.24, 2.45) is 0 Å². The number of nitrogens with one attached hydrogen (secondary N) is 1. The molecule has 132 valence electrons. The minimum atomic E-state index is -0.0161. The van der Waals surface area contributed by atoms with E-state index >= 15 is 0 Å². The van der Waals surface area contributed by atoms with Gasteiger partial charge in [0, 0.05) is 12.1 Å². The van der Waals surface area contributed by atoms with Crippen LogP contribution >= 0.6 is 0 Å². The fourth-order valence-corrected chi connectivity index (χ4v) is 3.36. The average molecular weight is 336 g/mol. The number of piperidine rings is 1. The van der Waals surface area contributed by atoms with Gasteiger partial charge in [0.2, 0.25) is 0 Å². The molecule has 1 aliphatic heterocycles. The summed E-state index contributed by atoms with van der Waals surface area (Å²) < 4.78 is 0. The molecule has 0 aliphatic carbocycles. The number of likely N-dealkylation sites (tertiary alicyclic amines) is 1. The lowest BCUT2D eigenvalue weighted by atomic mass is 10.1. The number of benzene rings is 2. The van der Waals surface area contributed by atoms with Crippen LogP contribution < -0.4 is 5.32 Å². The first-order chi connectivity index (χ1) is 12.1. The maximum Gasteiger partial charge on any atom is 0.251 e. The molecule has 0 aromatic heterocycles. The van der Waals surface area contributed by atoms with Crippen molar-refractivity contribution in [2.45, 2.75) is 45.7 Å². The third-order valence-corrected chi connectivity index (χ3v) is 5.00. The van der Waals surface area contributed by atoms with E-state index in [1.807, 2.05) is 19.1 Å². The predicted molar refractivity (Wildman–Crippen MR) is 103 cm³/mol. The van der Waals surface area contributed by atoms with Gasteiger partial charge in [-0.15, -0.1) is 0 Å². The summed E-state index contributed by atoms with van der Waals surface area (Å²) in [4.78, 5) is 15.0. The van der Waals surface area contributed by atoms with Crippen LogP contribution in [0.4, 0.5) is 0 Å². The smallest absolute Gasteiger partial charge is 0.251 e. The summed E-state index contributed by atoms with van der Waals surface area (Å²) in [5, 5.41) is 3.08. The van der Waals surface area contributed by atoms with Crippen molar-refractivity contribution in [3.63, 3.8) is 0 Å². The molecule has 2 aromatic rings. The quantitative estimate of drug-likeness (QED) is 0.873. The minimum absolute atomic E-state index is 0.00104. The summed E-state index contributed by atoms with van der Waals surface area (Å²) in [6, 6.07) is 16.3. The number of hydrogen-bond acceptors (Lipinski definition) is 2. The second kappa shape index (κ2) is 8.30. The number of carbonyl (C=O) groups excluding carboxylic acids is 1. The lowest BCUT2D eigenvalue weighted by molar-refractivity contribution is 0.0940. The van der Waals surface area contributed by atoms with E-state index < -0.39 is 0 Å². The van der Waals surface area contributed by atoms with E-state index in [4.69, 9.17) is 0 Å². The van der Waals surface area contributed by atoms with Crippen LogP contribution in [-0.4, -0.2) is 23.9 Å². The van der Waals surface area contributed by atoms with Gasteiger partial charge in [-0.1, -0.05) is 48.4 Å². The number of nitrogens with zero attached hydrogens (tertiary/aromatic N) is 1. The van der Waals surface area contributed by atoms with Crippen LogP contribution in [0.25, 0.3) is 0 Å². The van der Waals surface area contributed by atoms with Gasteiger partial charge in [-0.3, -0.25) is 9.69 Å². The Morgan fingerprint density at radius 2 is 1.64 bits per heavy atom. The lowest BCUT2D eigenvalue weighted by Crippen LogP contribution is -2.29. The molecule has 3 rings (SSSR count). The normalized spacial score (nSPS) is 16.4. The molecule has 1 fully saturated rings. The molecule has 1 saturated heterocycles. The Morgan fingerprint density at radius 3 is 2.28 bits per heavy atom. The van der Waals surface area contributed by atoms with Crippen LogP contribution in [0.1, 0.15) is 59.3 Å². The van der Waals surface area contributed by atoms with Crippen molar-refractivity contribution in [3.05, 3.63) is 70.8 Å². The van der Waals surface area contributed by atoms with E-state index in [0.717, 1.165) is 17.7 Å². The Hall–Kier alpha value is -2.13. The van der Waals surface area contributed by atoms with Crippen LogP contribution in [0.2, 0.25) is 0 Å². The Balaban J connectivity index is 1.57. The van der Waals surface area contributed by atoms with Gasteiger partial charge in [0.25, 0.3) is 5.91 Å². The van der Waals surface area contributed by atoms with Gasteiger partial charge >= 0.3 is 0 Å². The number of aryl methyl sites for hydroxylation is 1. The summed E-state index contributed by atoms with van der Waals surface area (Å²) in [7, 11) is 0. The molecule has 1 N–H and O–H groups in total. The van der Waals surface area contributed by atoms with Gasteiger partial charge in [0.1, 0.15) is 0 Å². The van der Waals surface area contributed by atoms with Gasteiger partial charge in [-0.2, -0.15) is 0 Å². The second-order valence-electron chi connectivity index (χ2n) is 7.14. The SMILES string of the molecule is Cc1ccc([C@H](C)NC(=O)c2ccc(CN3CCCCC3)cc2)cc1. The Kier molecular flexibility index (Phi) is 5.87. The molecule has 0 saturated carbocycles. The molecule has 1 amide bonds. The van der Waals surface area contributed by atoms with Gasteiger partial charge in [-0.05, 0) is 63.0 Å². The largest absolute Gasteiger partial charge is 0.346 e. The van der Waals surface area contributed by atoms with Crippen LogP contribution in [0.15, 0.2) is 48.5 Å². The molecule has 1 heterocycles. The molecule has 3 heteroatoms. The van der Waals surface area contributed by atoms with Crippen molar-refractivity contribution < 1.29 is 4.79 Å². The number of carbonyl (C=O) groups is 1. The van der Waals surface area contributed by atoms with E-state index in [1.165, 1.54) is 43.5 Å². The third-order valence-electron chi connectivity index (χ3n) is 5.00. The molecule has 0 unspecified atom stereocenters. The fourth-order valence-electron chi connectivity index (χ4n) is 3.36. The van der Waals surface area contributed by atoms with Crippen molar-refractivity contribution >= 4 is 5.91 Å². The van der Waals surface area contributed by atoms with E-state index in [9.17, 15) is 4.79 Å². The van der Waals surface area contributed by atoms with Crippen molar-refractivity contribution in [2.75, 3.05) is 13.1 Å². The van der Waals surface area contributed by atoms with E-state index in [1.54, 1.807) is 0 Å². The first-order valence-electron chi connectivity index (χ1n) is 9.30. The topological polar surface area (TPSA) is 32.3 Å². The summed E-state index contributed by atoms with van der Waals surface area (Å²) in [5.74, 6) is -0.0161. The zero-order chi connectivity index (χ0) is 17.6. The van der Waals surface area contributed by atoms with Crippen molar-refractivity contribution in [1.29, 1.82) is 0 Å². The zero-order valence-corrected chi connectivity index (χ0v) is 15.3. The first kappa shape index (κ1) is 17.7. The number of amides is 1. The molecule has 0 bridgehead atoms. The van der Waals surface area contributed by atoms with Crippen LogP contribution in [-0.2, 0) is 6.54 Å². The molecule has 3 nitrogen and oxygen atoms in total. The molecule has 2 aromatic carbocycles. The third kappa shape index (κ3) is 4.93. The van der Waals surface area contributed by atoms with Crippen LogP contribution in [0.5, 0.6) is 0 Å². The maximum absolute atomic E-state index is 12.5. The Bertz CT molecular complexity index is 685. The highest BCUT2D eigenvalue weighted by Gasteiger charge is 2.13. The molecule has 1 atom stereocenters. The summed E-state index contributed by atoms with van der Waals surface area (Å²) >= 11 is 0. The summed E-state index contributed by atoms with van der Waals surface area (Å²) in [6.45, 7) is 7.46. The van der Waals surface area contributed by atoms with Gasteiger partial charge in [0.05, 0.1) is 6.04 Å². The average Bonchev–Trinajstić information content (AvgIpc) is 2.63. The summed E-state index contributed by atoms with van der Waals surface area (Å²) in [5.41, 5.74) is 4.36. The highest BCUT2D eigenvalue weighted by atomic mass is 16.1. The molecule has 25 heavy (non-hydrogen) atoms. The second-order valence-corrected chi connectivity index (χ2v) is 7.14. The molecular formula is C22H28N2O. The first-order valence-corrected chi connectivity index (χ1v) is 9.30. The Morgan fingerprint density at radius 1 is 1.00 bits per heavy atom. The molecular weight excluding hydrogens is 308 g/mol. The van der Waals surface area contributed by atoms with Gasteiger partial charge in [0.15, 0.2) is 0 Å². The standard InChI is InChI=1S/C22H28N2O/c1-17-6-10-20(11-7-17)18(2)23-22(25)21-12-8-19(9-13-21)16-24-14-4-3-5-15-24/h6-13,18H,3-5,14-16H2,1-2H3,(H,23,25)/t18-/m0/s1. The summed E-state index contributed by atoms with van der Waals surface area (Å²) in [6.07, 6.45) is 3.96. The monoisotopic (exact) mass is 336 g/mol. The highest BCUT2D eigenvalue weighted by molar-refractivity contribution is 5.94. The highest BCUT2D eigenvalue weighted by Crippen LogP contribution is 2.16. The number of rotatable bonds is 5.